The molecule has 1 saturated heterocycles. The maximum absolute atomic E-state index is 5.44. The second-order valence-electron chi connectivity index (χ2n) is 6.51. The summed E-state index contributed by atoms with van der Waals surface area (Å²) in [7, 11) is 1.70. The van der Waals surface area contributed by atoms with Gasteiger partial charge in [0.2, 0.25) is 0 Å². The van der Waals surface area contributed by atoms with Crippen molar-refractivity contribution in [2.45, 2.75) is 26.7 Å². The van der Waals surface area contributed by atoms with Crippen molar-refractivity contribution in [2.24, 2.45) is 5.92 Å². The number of rotatable bonds is 6. The standard InChI is InChI=1S/C19H27N3O/c1-4-9-22-10-8-15(13-22)12-21-18-14(2)11-20-19-16(18)6-5-7-17(19)23-3/h5-7,11,15H,4,8-10,12-13H2,1-3H3,(H,20,21). The van der Waals surface area contributed by atoms with Crippen LogP contribution in [0.4, 0.5) is 5.69 Å². The summed E-state index contributed by atoms with van der Waals surface area (Å²) in [6.07, 6.45) is 4.47. The Balaban J connectivity index is 1.76. The van der Waals surface area contributed by atoms with Crippen molar-refractivity contribution in [1.82, 2.24) is 9.88 Å². The van der Waals surface area contributed by atoms with Gasteiger partial charge in [-0.05, 0) is 50.4 Å². The van der Waals surface area contributed by atoms with E-state index in [1.807, 2.05) is 18.3 Å². The van der Waals surface area contributed by atoms with Crippen molar-refractivity contribution < 1.29 is 4.74 Å². The maximum atomic E-state index is 5.44. The van der Waals surface area contributed by atoms with Crippen LogP contribution in [0.5, 0.6) is 5.75 Å². The van der Waals surface area contributed by atoms with Gasteiger partial charge in [-0.1, -0.05) is 19.1 Å². The van der Waals surface area contributed by atoms with Crippen LogP contribution in [0.25, 0.3) is 10.9 Å². The summed E-state index contributed by atoms with van der Waals surface area (Å²) < 4.78 is 5.44. The summed E-state index contributed by atoms with van der Waals surface area (Å²) in [5.41, 5.74) is 3.32. The van der Waals surface area contributed by atoms with Crippen LogP contribution in [0.3, 0.4) is 0 Å². The number of methoxy groups -OCH3 is 1. The summed E-state index contributed by atoms with van der Waals surface area (Å²) in [6.45, 7) is 9.08. The molecule has 0 bridgehead atoms. The molecule has 0 radical (unpaired) electrons. The third-order valence-electron chi connectivity index (χ3n) is 4.75. The number of ether oxygens (including phenoxy) is 1. The van der Waals surface area contributed by atoms with E-state index in [0.717, 1.165) is 29.1 Å². The van der Waals surface area contributed by atoms with Crippen LogP contribution >= 0.6 is 0 Å². The van der Waals surface area contributed by atoms with Crippen LogP contribution < -0.4 is 10.1 Å². The van der Waals surface area contributed by atoms with E-state index >= 15 is 0 Å². The monoisotopic (exact) mass is 313 g/mol. The first-order valence-electron chi connectivity index (χ1n) is 8.61. The van der Waals surface area contributed by atoms with Gasteiger partial charge in [0.05, 0.1) is 7.11 Å². The molecule has 1 aliphatic rings. The minimum absolute atomic E-state index is 0.731. The fourth-order valence-electron chi connectivity index (χ4n) is 3.54. The lowest BCUT2D eigenvalue weighted by atomic mass is 10.1. The van der Waals surface area contributed by atoms with Crippen molar-refractivity contribution >= 4 is 16.6 Å². The molecule has 2 heterocycles. The first-order chi connectivity index (χ1) is 11.2. The van der Waals surface area contributed by atoms with Crippen LogP contribution in [-0.2, 0) is 0 Å². The molecule has 0 amide bonds. The van der Waals surface area contributed by atoms with Crippen molar-refractivity contribution in [3.63, 3.8) is 0 Å². The Morgan fingerprint density at radius 2 is 2.26 bits per heavy atom. The number of pyridine rings is 1. The number of likely N-dealkylation sites (tertiary alicyclic amines) is 1. The van der Waals surface area contributed by atoms with E-state index in [9.17, 15) is 0 Å². The fraction of sp³-hybridized carbons (Fsp3) is 0.526. The molecule has 2 aromatic rings. The summed E-state index contributed by atoms with van der Waals surface area (Å²) in [5, 5.41) is 4.84. The summed E-state index contributed by atoms with van der Waals surface area (Å²) in [5.74, 6) is 1.57. The predicted molar refractivity (Wildman–Crippen MR) is 96.4 cm³/mol. The second kappa shape index (κ2) is 7.18. The number of hydrogen-bond donors (Lipinski definition) is 1. The number of aryl methyl sites for hydroxylation is 1. The van der Waals surface area contributed by atoms with Crippen molar-refractivity contribution in [3.8, 4) is 5.75 Å². The molecule has 0 saturated carbocycles. The summed E-state index contributed by atoms with van der Waals surface area (Å²) in [4.78, 5) is 7.13. The van der Waals surface area contributed by atoms with Gasteiger partial charge in [0.1, 0.15) is 11.3 Å². The van der Waals surface area contributed by atoms with Crippen LogP contribution in [0.1, 0.15) is 25.3 Å². The molecule has 0 aliphatic carbocycles. The number of hydrogen-bond acceptors (Lipinski definition) is 4. The summed E-state index contributed by atoms with van der Waals surface area (Å²) >= 11 is 0. The minimum atomic E-state index is 0.731. The Kier molecular flexibility index (Phi) is 5.01. The van der Waals surface area contributed by atoms with Gasteiger partial charge in [-0.2, -0.15) is 0 Å². The van der Waals surface area contributed by atoms with E-state index in [1.54, 1.807) is 7.11 Å². The van der Waals surface area contributed by atoms with Gasteiger partial charge >= 0.3 is 0 Å². The molecular formula is C19H27N3O. The highest BCUT2D eigenvalue weighted by molar-refractivity contribution is 5.96. The van der Waals surface area contributed by atoms with Crippen LogP contribution in [0, 0.1) is 12.8 Å². The van der Waals surface area contributed by atoms with E-state index in [1.165, 1.54) is 43.7 Å². The van der Waals surface area contributed by atoms with E-state index in [0.29, 0.717) is 0 Å². The Bertz CT molecular complexity index is 671. The van der Waals surface area contributed by atoms with Crippen molar-refractivity contribution in [3.05, 3.63) is 30.0 Å². The van der Waals surface area contributed by atoms with Gasteiger partial charge in [0.25, 0.3) is 0 Å². The number of aromatic nitrogens is 1. The van der Waals surface area contributed by atoms with Crippen LogP contribution in [0.15, 0.2) is 24.4 Å². The lowest BCUT2D eigenvalue weighted by Crippen LogP contribution is -2.23. The molecule has 124 valence electrons. The minimum Gasteiger partial charge on any atom is -0.494 e. The molecule has 23 heavy (non-hydrogen) atoms. The highest BCUT2D eigenvalue weighted by Gasteiger charge is 2.21. The first-order valence-corrected chi connectivity index (χ1v) is 8.61. The smallest absolute Gasteiger partial charge is 0.145 e. The number of fused-ring (bicyclic) bond motifs is 1. The Labute approximate surface area is 138 Å². The highest BCUT2D eigenvalue weighted by atomic mass is 16.5. The molecule has 4 heteroatoms. The topological polar surface area (TPSA) is 37.4 Å². The molecule has 0 spiro atoms. The molecule has 1 N–H and O–H groups in total. The number of nitrogens with one attached hydrogen (secondary N) is 1. The molecule has 1 aromatic carbocycles. The van der Waals surface area contributed by atoms with Crippen LogP contribution in [0.2, 0.25) is 0 Å². The summed E-state index contributed by atoms with van der Waals surface area (Å²) in [6, 6.07) is 6.12. The van der Waals surface area contributed by atoms with E-state index in [2.05, 4.69) is 35.1 Å². The Morgan fingerprint density at radius 3 is 3.04 bits per heavy atom. The van der Waals surface area contributed by atoms with E-state index < -0.39 is 0 Å². The molecule has 4 nitrogen and oxygen atoms in total. The van der Waals surface area contributed by atoms with Crippen molar-refractivity contribution in [2.75, 3.05) is 38.6 Å². The number of benzene rings is 1. The lowest BCUT2D eigenvalue weighted by molar-refractivity contribution is 0.327. The van der Waals surface area contributed by atoms with Gasteiger partial charge in [0, 0.05) is 30.4 Å². The zero-order valence-electron chi connectivity index (χ0n) is 14.4. The zero-order valence-corrected chi connectivity index (χ0v) is 14.4. The first kappa shape index (κ1) is 16.1. The number of para-hydroxylation sites is 1. The highest BCUT2D eigenvalue weighted by Crippen LogP contribution is 2.31. The molecule has 1 aliphatic heterocycles. The Morgan fingerprint density at radius 1 is 1.39 bits per heavy atom. The number of anilines is 1. The van der Waals surface area contributed by atoms with Gasteiger partial charge in [-0.3, -0.25) is 4.98 Å². The molecule has 1 atom stereocenters. The van der Waals surface area contributed by atoms with Gasteiger partial charge in [-0.25, -0.2) is 0 Å². The molecule has 1 aromatic heterocycles. The third kappa shape index (κ3) is 3.42. The average Bonchev–Trinajstić information content (AvgIpc) is 3.01. The second-order valence-corrected chi connectivity index (χ2v) is 6.51. The quantitative estimate of drug-likeness (QED) is 0.882. The number of nitrogens with zero attached hydrogens (tertiary/aromatic N) is 2. The van der Waals surface area contributed by atoms with E-state index in [-0.39, 0.29) is 0 Å². The van der Waals surface area contributed by atoms with Crippen LogP contribution in [-0.4, -0.2) is 43.2 Å². The largest absolute Gasteiger partial charge is 0.494 e. The fourth-order valence-corrected chi connectivity index (χ4v) is 3.54. The molecule has 3 rings (SSSR count). The molecular weight excluding hydrogens is 286 g/mol. The van der Waals surface area contributed by atoms with Gasteiger partial charge in [0.15, 0.2) is 0 Å². The predicted octanol–water partition coefficient (Wildman–Crippen LogP) is 3.70. The third-order valence-corrected chi connectivity index (χ3v) is 4.75. The zero-order chi connectivity index (χ0) is 16.2. The SMILES string of the molecule is CCCN1CCC(CNc2c(C)cnc3c(OC)cccc23)C1. The molecule has 1 unspecified atom stereocenters. The maximum Gasteiger partial charge on any atom is 0.145 e. The normalized spacial score (nSPS) is 18.5. The van der Waals surface area contributed by atoms with Crippen molar-refractivity contribution in [1.29, 1.82) is 0 Å². The van der Waals surface area contributed by atoms with Gasteiger partial charge in [-0.15, -0.1) is 0 Å². The Hall–Kier alpha value is -1.81. The van der Waals surface area contributed by atoms with Gasteiger partial charge < -0.3 is 15.0 Å². The lowest BCUT2D eigenvalue weighted by Gasteiger charge is -2.18. The average molecular weight is 313 g/mol. The molecule has 1 fully saturated rings. The van der Waals surface area contributed by atoms with E-state index in [4.69, 9.17) is 4.74 Å².